The van der Waals surface area contributed by atoms with Crippen molar-refractivity contribution in [1.82, 2.24) is 9.71 Å². The van der Waals surface area contributed by atoms with E-state index in [2.05, 4.69) is 9.71 Å². The van der Waals surface area contributed by atoms with Gasteiger partial charge in [0.2, 0.25) is 15.9 Å². The Kier molecular flexibility index (Phi) is 7.64. The van der Waals surface area contributed by atoms with E-state index in [0.717, 1.165) is 18.2 Å². The molecule has 0 amide bonds. The van der Waals surface area contributed by atoms with Crippen LogP contribution in [0.1, 0.15) is 5.56 Å². The third-order valence-electron chi connectivity index (χ3n) is 3.42. The standard InChI is InChI=1S/C16H12Cl2F3N3O5S/c17-12-4-3-11(24(25)26)8-14(12)30(27,28)23-5-1-2-6-29-15-13(18)7-10(9-22-15)16(19,20)21/h1-4,7-9,23H,5-6H2/b2-1+. The maximum absolute atomic E-state index is 12.5. The molecule has 1 heterocycles. The summed E-state index contributed by atoms with van der Waals surface area (Å²) in [4.78, 5) is 13.1. The molecule has 162 valence electrons. The van der Waals surface area contributed by atoms with Crippen molar-refractivity contribution < 1.29 is 31.2 Å². The molecule has 2 aromatic rings. The van der Waals surface area contributed by atoms with E-state index in [1.54, 1.807) is 0 Å². The fraction of sp³-hybridized carbons (Fsp3) is 0.188. The number of nitro groups is 1. The Labute approximate surface area is 178 Å². The van der Waals surface area contributed by atoms with E-state index in [-0.39, 0.29) is 29.1 Å². The molecule has 1 aromatic carbocycles. The van der Waals surface area contributed by atoms with Crippen LogP contribution in [-0.2, 0) is 16.2 Å². The van der Waals surface area contributed by atoms with Gasteiger partial charge in [-0.1, -0.05) is 29.3 Å². The second-order valence-corrected chi connectivity index (χ2v) is 8.06. The summed E-state index contributed by atoms with van der Waals surface area (Å²) in [6.07, 6.45) is -1.30. The van der Waals surface area contributed by atoms with Crippen molar-refractivity contribution in [2.24, 2.45) is 0 Å². The Balaban J connectivity index is 1.93. The number of nitrogens with zero attached hydrogens (tertiary/aromatic N) is 2. The third kappa shape index (κ3) is 6.29. The number of aromatic nitrogens is 1. The van der Waals surface area contributed by atoms with Gasteiger partial charge in [0.1, 0.15) is 16.5 Å². The third-order valence-corrected chi connectivity index (χ3v) is 5.60. The first-order chi connectivity index (χ1) is 13.9. The normalized spacial score (nSPS) is 12.3. The molecule has 0 fully saturated rings. The Morgan fingerprint density at radius 2 is 1.90 bits per heavy atom. The second kappa shape index (κ2) is 9.60. The molecular formula is C16H12Cl2F3N3O5S. The average Bonchev–Trinajstić information content (AvgIpc) is 2.64. The molecule has 2 rings (SSSR count). The highest BCUT2D eigenvalue weighted by atomic mass is 35.5. The van der Waals surface area contributed by atoms with E-state index in [0.29, 0.717) is 12.3 Å². The SMILES string of the molecule is O=[N+]([O-])c1ccc(Cl)c(S(=O)(=O)NC/C=C/COc2ncc(C(F)(F)F)cc2Cl)c1. The summed E-state index contributed by atoms with van der Waals surface area (Å²) in [5.41, 5.74) is -1.46. The Bertz CT molecular complexity index is 1080. The lowest BCUT2D eigenvalue weighted by Gasteiger charge is -2.09. The maximum Gasteiger partial charge on any atom is 0.417 e. The van der Waals surface area contributed by atoms with Gasteiger partial charge in [0.15, 0.2) is 0 Å². The van der Waals surface area contributed by atoms with Gasteiger partial charge in [0, 0.05) is 24.9 Å². The molecule has 0 aliphatic rings. The van der Waals surface area contributed by atoms with Crippen LogP contribution in [-0.4, -0.2) is 31.5 Å². The smallest absolute Gasteiger partial charge is 0.417 e. The summed E-state index contributed by atoms with van der Waals surface area (Å²) in [5.74, 6) is -0.224. The van der Waals surface area contributed by atoms with Crippen LogP contribution in [0, 0.1) is 10.1 Å². The topological polar surface area (TPSA) is 111 Å². The monoisotopic (exact) mass is 485 g/mol. The molecule has 14 heteroatoms. The van der Waals surface area contributed by atoms with Crippen LogP contribution < -0.4 is 9.46 Å². The van der Waals surface area contributed by atoms with Gasteiger partial charge in [-0.25, -0.2) is 18.1 Å². The van der Waals surface area contributed by atoms with Crippen LogP contribution in [0.4, 0.5) is 18.9 Å². The van der Waals surface area contributed by atoms with Gasteiger partial charge in [-0.3, -0.25) is 10.1 Å². The number of sulfonamides is 1. The van der Waals surface area contributed by atoms with E-state index >= 15 is 0 Å². The summed E-state index contributed by atoms with van der Waals surface area (Å²) in [6, 6.07) is 3.66. The van der Waals surface area contributed by atoms with Crippen LogP contribution in [0.25, 0.3) is 0 Å². The molecule has 30 heavy (non-hydrogen) atoms. The van der Waals surface area contributed by atoms with Crippen molar-refractivity contribution in [1.29, 1.82) is 0 Å². The Morgan fingerprint density at radius 3 is 2.50 bits per heavy atom. The zero-order valence-corrected chi connectivity index (χ0v) is 17.0. The first kappa shape index (κ1) is 23.9. The number of nitrogens with one attached hydrogen (secondary N) is 1. The van der Waals surface area contributed by atoms with Gasteiger partial charge in [-0.05, 0) is 18.2 Å². The van der Waals surface area contributed by atoms with Gasteiger partial charge in [0.05, 0.1) is 15.5 Å². The van der Waals surface area contributed by atoms with Gasteiger partial charge in [-0.15, -0.1) is 0 Å². The van der Waals surface area contributed by atoms with Gasteiger partial charge in [-0.2, -0.15) is 13.2 Å². The predicted molar refractivity (Wildman–Crippen MR) is 102 cm³/mol. The fourth-order valence-electron chi connectivity index (χ4n) is 2.01. The number of benzene rings is 1. The molecule has 0 radical (unpaired) electrons. The molecule has 0 unspecified atom stereocenters. The van der Waals surface area contributed by atoms with Crippen molar-refractivity contribution in [3.8, 4) is 5.88 Å². The van der Waals surface area contributed by atoms with E-state index in [1.807, 2.05) is 0 Å². The van der Waals surface area contributed by atoms with Gasteiger partial charge in [0.25, 0.3) is 5.69 Å². The average molecular weight is 486 g/mol. The van der Waals surface area contributed by atoms with Crippen molar-refractivity contribution in [3.63, 3.8) is 0 Å². The van der Waals surface area contributed by atoms with Crippen molar-refractivity contribution in [3.05, 3.63) is 68.3 Å². The highest BCUT2D eigenvalue weighted by molar-refractivity contribution is 7.89. The molecule has 0 spiro atoms. The maximum atomic E-state index is 12.5. The lowest BCUT2D eigenvalue weighted by molar-refractivity contribution is -0.385. The lowest BCUT2D eigenvalue weighted by atomic mass is 10.3. The largest absolute Gasteiger partial charge is 0.472 e. The van der Waals surface area contributed by atoms with E-state index in [9.17, 15) is 31.7 Å². The minimum absolute atomic E-state index is 0.155. The number of rotatable bonds is 8. The molecule has 0 aliphatic carbocycles. The highest BCUT2D eigenvalue weighted by Gasteiger charge is 2.31. The molecule has 1 aromatic heterocycles. The minimum Gasteiger partial charge on any atom is -0.472 e. The van der Waals surface area contributed by atoms with Crippen LogP contribution in [0.3, 0.4) is 0 Å². The highest BCUT2D eigenvalue weighted by Crippen LogP contribution is 2.33. The second-order valence-electron chi connectivity index (χ2n) is 5.51. The number of pyridine rings is 1. The zero-order valence-electron chi connectivity index (χ0n) is 14.7. The Hall–Kier alpha value is -2.41. The first-order valence-electron chi connectivity index (χ1n) is 7.86. The van der Waals surface area contributed by atoms with E-state index in [1.165, 1.54) is 12.2 Å². The lowest BCUT2D eigenvalue weighted by Crippen LogP contribution is -2.24. The minimum atomic E-state index is -4.59. The number of hydrogen-bond acceptors (Lipinski definition) is 6. The van der Waals surface area contributed by atoms with Crippen molar-refractivity contribution >= 4 is 38.9 Å². The molecule has 0 atom stereocenters. The van der Waals surface area contributed by atoms with E-state index in [4.69, 9.17) is 27.9 Å². The molecule has 0 saturated heterocycles. The van der Waals surface area contributed by atoms with Crippen LogP contribution >= 0.6 is 23.2 Å². The molecular weight excluding hydrogens is 474 g/mol. The van der Waals surface area contributed by atoms with Gasteiger partial charge >= 0.3 is 6.18 Å². The molecule has 8 nitrogen and oxygen atoms in total. The molecule has 0 bridgehead atoms. The number of halogens is 5. The number of non-ortho nitro benzene ring substituents is 1. The fourth-order valence-corrected chi connectivity index (χ4v) is 3.73. The predicted octanol–water partition coefficient (Wildman–Crippen LogP) is 4.23. The number of nitro benzene ring substituents is 1. The summed E-state index contributed by atoms with van der Waals surface area (Å²) >= 11 is 11.5. The van der Waals surface area contributed by atoms with Crippen molar-refractivity contribution in [2.75, 3.05) is 13.2 Å². The first-order valence-corrected chi connectivity index (χ1v) is 10.1. The molecule has 0 saturated carbocycles. The zero-order chi connectivity index (χ0) is 22.5. The van der Waals surface area contributed by atoms with Crippen molar-refractivity contribution in [2.45, 2.75) is 11.1 Å². The van der Waals surface area contributed by atoms with Gasteiger partial charge < -0.3 is 4.74 Å². The quantitative estimate of drug-likeness (QED) is 0.340. The summed E-state index contributed by atoms with van der Waals surface area (Å²) in [6.45, 7) is -0.365. The summed E-state index contributed by atoms with van der Waals surface area (Å²) in [7, 11) is -4.13. The molecule has 1 N–H and O–H groups in total. The number of alkyl halides is 3. The number of ether oxygens (including phenoxy) is 1. The van der Waals surface area contributed by atoms with Crippen LogP contribution in [0.2, 0.25) is 10.0 Å². The molecule has 0 aliphatic heterocycles. The number of hydrogen-bond donors (Lipinski definition) is 1. The summed E-state index contributed by atoms with van der Waals surface area (Å²) in [5, 5.41) is 10.3. The van der Waals surface area contributed by atoms with Crippen LogP contribution in [0.15, 0.2) is 47.5 Å². The van der Waals surface area contributed by atoms with E-state index < -0.39 is 37.3 Å². The summed E-state index contributed by atoms with van der Waals surface area (Å²) < 4.78 is 69.4. The Morgan fingerprint density at radius 1 is 1.20 bits per heavy atom. The van der Waals surface area contributed by atoms with Crippen LogP contribution in [0.5, 0.6) is 5.88 Å².